The number of halogens is 1. The highest BCUT2D eigenvalue weighted by atomic mass is 19.1. The molecule has 0 saturated carbocycles. The molecule has 1 N–H and O–H groups in total. The van der Waals surface area contributed by atoms with Crippen LogP contribution >= 0.6 is 0 Å². The Labute approximate surface area is 122 Å². The molecule has 0 aliphatic carbocycles. The maximum atomic E-state index is 14.0. The van der Waals surface area contributed by atoms with Crippen molar-refractivity contribution in [1.29, 1.82) is 0 Å². The van der Waals surface area contributed by atoms with Crippen LogP contribution < -0.4 is 10.2 Å². The van der Waals surface area contributed by atoms with Crippen LogP contribution in [0, 0.1) is 12.7 Å². The smallest absolute Gasteiger partial charge is 0.126 e. The summed E-state index contributed by atoms with van der Waals surface area (Å²) in [6.07, 6.45) is 2.40. The Morgan fingerprint density at radius 3 is 2.65 bits per heavy atom. The second-order valence-electron chi connectivity index (χ2n) is 6.51. The van der Waals surface area contributed by atoms with E-state index in [2.05, 4.69) is 37.9 Å². The molecule has 1 heterocycles. The largest absolute Gasteiger partial charge is 0.366 e. The number of rotatable bonds is 4. The van der Waals surface area contributed by atoms with Gasteiger partial charge in [-0.3, -0.25) is 0 Å². The molecule has 1 aliphatic heterocycles. The molecular weight excluding hydrogens is 251 g/mol. The van der Waals surface area contributed by atoms with Crippen LogP contribution in [-0.2, 0) is 0 Å². The molecule has 3 heteroatoms. The molecule has 1 aromatic carbocycles. The first-order chi connectivity index (χ1) is 9.36. The lowest BCUT2D eigenvalue weighted by molar-refractivity contribution is 0.510. The van der Waals surface area contributed by atoms with E-state index in [4.69, 9.17) is 0 Å². The van der Waals surface area contributed by atoms with Gasteiger partial charge in [-0.15, -0.1) is 0 Å². The van der Waals surface area contributed by atoms with E-state index < -0.39 is 0 Å². The predicted molar refractivity (Wildman–Crippen MR) is 83.9 cm³/mol. The molecule has 20 heavy (non-hydrogen) atoms. The first kappa shape index (κ1) is 15.3. The summed E-state index contributed by atoms with van der Waals surface area (Å²) in [5.74, 6) is -0.106. The molecule has 0 spiro atoms. The lowest BCUT2D eigenvalue weighted by Gasteiger charge is -2.36. The van der Waals surface area contributed by atoms with E-state index in [-0.39, 0.29) is 17.4 Å². The fourth-order valence-electron chi connectivity index (χ4n) is 3.23. The number of hydrogen-bond acceptors (Lipinski definition) is 2. The van der Waals surface area contributed by atoms with Crippen molar-refractivity contribution in [3.63, 3.8) is 0 Å². The topological polar surface area (TPSA) is 15.3 Å². The van der Waals surface area contributed by atoms with Crippen molar-refractivity contribution in [3.8, 4) is 0 Å². The molecular formula is C17H27FN2. The second-order valence-corrected chi connectivity index (χ2v) is 6.51. The number of anilines is 1. The minimum atomic E-state index is -0.106. The van der Waals surface area contributed by atoms with Gasteiger partial charge in [0.25, 0.3) is 0 Å². The number of nitrogens with one attached hydrogen (secondary N) is 1. The predicted octanol–water partition coefficient (Wildman–Crippen LogP) is 4.18. The van der Waals surface area contributed by atoms with Crippen molar-refractivity contribution in [3.05, 3.63) is 29.1 Å². The Morgan fingerprint density at radius 2 is 2.10 bits per heavy atom. The van der Waals surface area contributed by atoms with E-state index in [0.717, 1.165) is 24.2 Å². The Kier molecular flexibility index (Phi) is 4.38. The van der Waals surface area contributed by atoms with Gasteiger partial charge < -0.3 is 10.2 Å². The van der Waals surface area contributed by atoms with E-state index in [0.29, 0.717) is 0 Å². The van der Waals surface area contributed by atoms with Crippen LogP contribution in [0.15, 0.2) is 12.1 Å². The average Bonchev–Trinajstić information content (AvgIpc) is 2.72. The summed E-state index contributed by atoms with van der Waals surface area (Å²) in [6, 6.07) is 3.90. The van der Waals surface area contributed by atoms with Gasteiger partial charge in [-0.2, -0.15) is 0 Å². The summed E-state index contributed by atoms with van der Waals surface area (Å²) in [7, 11) is 0. The van der Waals surface area contributed by atoms with E-state index in [1.165, 1.54) is 18.5 Å². The zero-order chi connectivity index (χ0) is 14.9. The molecule has 1 fully saturated rings. The number of benzene rings is 1. The fourth-order valence-corrected chi connectivity index (χ4v) is 3.23. The quantitative estimate of drug-likeness (QED) is 0.888. The number of aryl methyl sites for hydroxylation is 1. The van der Waals surface area contributed by atoms with Gasteiger partial charge in [0.2, 0.25) is 0 Å². The van der Waals surface area contributed by atoms with Crippen molar-refractivity contribution in [2.45, 2.75) is 59.0 Å². The molecule has 0 amide bonds. The van der Waals surface area contributed by atoms with Gasteiger partial charge in [0.1, 0.15) is 5.82 Å². The summed E-state index contributed by atoms with van der Waals surface area (Å²) in [5.41, 5.74) is 3.16. The molecule has 1 saturated heterocycles. The highest BCUT2D eigenvalue weighted by molar-refractivity contribution is 5.59. The molecule has 2 rings (SSSR count). The lowest BCUT2D eigenvalue weighted by atomic mass is 9.97. The molecule has 0 radical (unpaired) electrons. The van der Waals surface area contributed by atoms with Crippen LogP contribution in [0.1, 0.15) is 57.7 Å². The van der Waals surface area contributed by atoms with Gasteiger partial charge in [0.15, 0.2) is 0 Å². The van der Waals surface area contributed by atoms with Crippen molar-refractivity contribution in [2.24, 2.45) is 0 Å². The SMILES string of the molecule is CCNC(C)c1cc(F)c(C)cc1N1CCCC1(C)C. The molecule has 1 aromatic rings. The van der Waals surface area contributed by atoms with Crippen molar-refractivity contribution < 1.29 is 4.39 Å². The first-order valence-electron chi connectivity index (χ1n) is 7.68. The highest BCUT2D eigenvalue weighted by Gasteiger charge is 2.34. The zero-order valence-corrected chi connectivity index (χ0v) is 13.4. The van der Waals surface area contributed by atoms with Crippen LogP contribution in [-0.4, -0.2) is 18.6 Å². The summed E-state index contributed by atoms with van der Waals surface area (Å²) in [6.45, 7) is 12.6. The van der Waals surface area contributed by atoms with Crippen LogP contribution in [0.2, 0.25) is 0 Å². The van der Waals surface area contributed by atoms with Crippen LogP contribution in [0.5, 0.6) is 0 Å². The zero-order valence-electron chi connectivity index (χ0n) is 13.4. The van der Waals surface area contributed by atoms with E-state index in [1.54, 1.807) is 6.07 Å². The van der Waals surface area contributed by atoms with Gasteiger partial charge in [-0.05, 0) is 70.3 Å². The minimum Gasteiger partial charge on any atom is -0.366 e. The van der Waals surface area contributed by atoms with Gasteiger partial charge >= 0.3 is 0 Å². The Morgan fingerprint density at radius 1 is 1.40 bits per heavy atom. The van der Waals surface area contributed by atoms with Gasteiger partial charge in [0.05, 0.1) is 0 Å². The number of hydrogen-bond donors (Lipinski definition) is 1. The first-order valence-corrected chi connectivity index (χ1v) is 7.68. The Hall–Kier alpha value is -1.09. The van der Waals surface area contributed by atoms with E-state index in [9.17, 15) is 4.39 Å². The van der Waals surface area contributed by atoms with Crippen LogP contribution in [0.4, 0.5) is 10.1 Å². The third kappa shape index (κ3) is 2.83. The fraction of sp³-hybridized carbons (Fsp3) is 0.647. The van der Waals surface area contributed by atoms with Crippen molar-refractivity contribution in [2.75, 3.05) is 18.0 Å². The minimum absolute atomic E-state index is 0.106. The van der Waals surface area contributed by atoms with Gasteiger partial charge in [0, 0.05) is 23.8 Å². The molecule has 2 nitrogen and oxygen atoms in total. The van der Waals surface area contributed by atoms with E-state index in [1.807, 2.05) is 13.0 Å². The molecule has 0 aromatic heterocycles. The summed E-state index contributed by atoms with van der Waals surface area (Å²) < 4.78 is 14.0. The summed E-state index contributed by atoms with van der Waals surface area (Å²) in [4.78, 5) is 2.45. The van der Waals surface area contributed by atoms with Crippen LogP contribution in [0.25, 0.3) is 0 Å². The lowest BCUT2D eigenvalue weighted by Crippen LogP contribution is -2.39. The van der Waals surface area contributed by atoms with Gasteiger partial charge in [-0.1, -0.05) is 6.92 Å². The highest BCUT2D eigenvalue weighted by Crippen LogP contribution is 2.38. The molecule has 1 atom stereocenters. The Bertz CT molecular complexity index is 482. The average molecular weight is 278 g/mol. The molecule has 1 aliphatic rings. The number of nitrogens with zero attached hydrogens (tertiary/aromatic N) is 1. The molecule has 1 unspecified atom stereocenters. The molecule has 112 valence electrons. The second kappa shape index (κ2) is 5.72. The summed E-state index contributed by atoms with van der Waals surface area (Å²) in [5, 5.41) is 3.41. The normalized spacial score (nSPS) is 19.4. The third-order valence-corrected chi connectivity index (χ3v) is 4.48. The standard InChI is InChI=1S/C17H27FN2/c1-6-19-13(3)14-11-15(18)12(2)10-16(14)20-9-7-8-17(20,4)5/h10-11,13,19H,6-9H2,1-5H3. The maximum absolute atomic E-state index is 14.0. The summed E-state index contributed by atoms with van der Waals surface area (Å²) >= 11 is 0. The maximum Gasteiger partial charge on any atom is 0.126 e. The van der Waals surface area contributed by atoms with E-state index >= 15 is 0 Å². The third-order valence-electron chi connectivity index (χ3n) is 4.48. The van der Waals surface area contributed by atoms with Crippen molar-refractivity contribution in [1.82, 2.24) is 5.32 Å². The van der Waals surface area contributed by atoms with Gasteiger partial charge in [-0.25, -0.2) is 4.39 Å². The monoisotopic (exact) mass is 278 g/mol. The Balaban J connectivity index is 2.47. The molecule has 0 bridgehead atoms. The van der Waals surface area contributed by atoms with Crippen LogP contribution in [0.3, 0.4) is 0 Å². The van der Waals surface area contributed by atoms with Crippen molar-refractivity contribution >= 4 is 5.69 Å².